The number of amides is 1. The number of hydrogen-bond donors (Lipinski definition) is 1. The van der Waals surface area contributed by atoms with Crippen LogP contribution in [-0.2, 0) is 4.79 Å². The Labute approximate surface area is 149 Å². The van der Waals surface area contributed by atoms with Crippen LogP contribution in [0.1, 0.15) is 39.0 Å². The molecule has 0 radical (unpaired) electrons. The fraction of sp³-hybridized carbons (Fsp3) is 0.588. The average molecular weight is 376 g/mol. The summed E-state index contributed by atoms with van der Waals surface area (Å²) in [5.74, 6) is -0.169. The molecule has 0 bridgehead atoms. The maximum absolute atomic E-state index is 13.4. The quantitative estimate of drug-likeness (QED) is 0.507. The number of rotatable bonds is 9. The zero-order valence-electron chi connectivity index (χ0n) is 13.7. The number of ether oxygens (including phenoxy) is 1. The molecule has 1 saturated heterocycles. The Hall–Kier alpha value is -0.950. The lowest BCUT2D eigenvalue weighted by Gasteiger charge is -2.15. The summed E-state index contributed by atoms with van der Waals surface area (Å²) in [6.45, 7) is 1.94. The van der Waals surface area contributed by atoms with Crippen LogP contribution in [0.3, 0.4) is 0 Å². The number of carbonyl (C=O) groups excluding carboxylic acids is 1. The molecular formula is C17H23F2NO2S2. The highest BCUT2D eigenvalue weighted by atomic mass is 33.1. The van der Waals surface area contributed by atoms with E-state index in [4.69, 9.17) is 4.74 Å². The van der Waals surface area contributed by atoms with Crippen molar-refractivity contribution >= 4 is 27.5 Å². The zero-order chi connectivity index (χ0) is 17.4. The summed E-state index contributed by atoms with van der Waals surface area (Å²) in [4.78, 5) is 11.9. The van der Waals surface area contributed by atoms with Crippen molar-refractivity contribution in [1.29, 1.82) is 0 Å². The van der Waals surface area contributed by atoms with Gasteiger partial charge in [-0.05, 0) is 38.3 Å². The van der Waals surface area contributed by atoms with Gasteiger partial charge in [-0.3, -0.25) is 4.79 Å². The highest BCUT2D eigenvalue weighted by Gasteiger charge is 2.16. The Balaban J connectivity index is 1.58. The Bertz CT molecular complexity index is 539. The fourth-order valence-electron chi connectivity index (χ4n) is 2.42. The van der Waals surface area contributed by atoms with Crippen LogP contribution < -0.4 is 10.1 Å². The van der Waals surface area contributed by atoms with E-state index in [9.17, 15) is 13.6 Å². The summed E-state index contributed by atoms with van der Waals surface area (Å²) in [7, 11) is 3.90. The van der Waals surface area contributed by atoms with Crippen molar-refractivity contribution in [1.82, 2.24) is 5.32 Å². The Kier molecular flexibility index (Phi) is 8.18. The molecule has 2 unspecified atom stereocenters. The molecular weight excluding hydrogens is 352 g/mol. The smallest absolute Gasteiger partial charge is 0.220 e. The molecule has 1 amide bonds. The molecule has 3 nitrogen and oxygen atoms in total. The first-order chi connectivity index (χ1) is 11.5. The first-order valence-electron chi connectivity index (χ1n) is 8.20. The van der Waals surface area contributed by atoms with Crippen molar-refractivity contribution in [2.24, 2.45) is 0 Å². The van der Waals surface area contributed by atoms with Crippen molar-refractivity contribution in [2.75, 3.05) is 12.4 Å². The third kappa shape index (κ3) is 6.89. The van der Waals surface area contributed by atoms with Crippen LogP contribution in [0, 0.1) is 11.6 Å². The summed E-state index contributed by atoms with van der Waals surface area (Å²) in [5, 5.41) is 3.59. The van der Waals surface area contributed by atoms with Crippen LogP contribution in [0.15, 0.2) is 18.2 Å². The SMILES string of the molecule is CC(COc1ccc(F)cc1F)NC(=O)CCCCC1CCSS1. The molecule has 0 saturated carbocycles. The van der Waals surface area contributed by atoms with Gasteiger partial charge in [-0.1, -0.05) is 28.0 Å². The third-order valence-corrected chi connectivity index (χ3v) is 6.70. The van der Waals surface area contributed by atoms with E-state index in [1.165, 1.54) is 24.7 Å². The summed E-state index contributed by atoms with van der Waals surface area (Å²) < 4.78 is 31.5. The number of carbonyl (C=O) groups is 1. The van der Waals surface area contributed by atoms with Gasteiger partial charge in [-0.2, -0.15) is 0 Å². The van der Waals surface area contributed by atoms with Gasteiger partial charge in [0.1, 0.15) is 12.4 Å². The van der Waals surface area contributed by atoms with Crippen molar-refractivity contribution in [3.05, 3.63) is 29.8 Å². The van der Waals surface area contributed by atoms with Crippen LogP contribution >= 0.6 is 21.6 Å². The van der Waals surface area contributed by atoms with Crippen molar-refractivity contribution in [2.45, 2.75) is 50.3 Å². The van der Waals surface area contributed by atoms with Gasteiger partial charge >= 0.3 is 0 Å². The summed E-state index contributed by atoms with van der Waals surface area (Å²) >= 11 is 0. The number of unbranched alkanes of at least 4 members (excludes halogenated alkanes) is 1. The highest BCUT2D eigenvalue weighted by Crippen LogP contribution is 2.39. The topological polar surface area (TPSA) is 38.3 Å². The second kappa shape index (κ2) is 10.1. The van der Waals surface area contributed by atoms with Gasteiger partial charge in [0.15, 0.2) is 11.6 Å². The molecule has 1 aromatic rings. The van der Waals surface area contributed by atoms with Crippen molar-refractivity contribution in [3.8, 4) is 5.75 Å². The monoisotopic (exact) mass is 375 g/mol. The molecule has 2 atom stereocenters. The molecule has 1 heterocycles. The Morgan fingerprint density at radius 1 is 1.42 bits per heavy atom. The highest BCUT2D eigenvalue weighted by molar-refractivity contribution is 8.77. The van der Waals surface area contributed by atoms with Crippen molar-refractivity contribution in [3.63, 3.8) is 0 Å². The molecule has 7 heteroatoms. The fourth-order valence-corrected chi connectivity index (χ4v) is 5.45. The van der Waals surface area contributed by atoms with Crippen LogP contribution in [0.25, 0.3) is 0 Å². The van der Waals surface area contributed by atoms with Gasteiger partial charge in [-0.15, -0.1) is 0 Å². The number of nitrogens with one attached hydrogen (secondary N) is 1. The third-order valence-electron chi connectivity index (χ3n) is 3.70. The van der Waals surface area contributed by atoms with Gasteiger partial charge in [-0.25, -0.2) is 8.78 Å². The lowest BCUT2D eigenvalue weighted by molar-refractivity contribution is -0.122. The minimum atomic E-state index is -0.739. The minimum absolute atomic E-state index is 0.00978. The van der Waals surface area contributed by atoms with Crippen LogP contribution in [-0.4, -0.2) is 29.6 Å². The van der Waals surface area contributed by atoms with E-state index in [0.29, 0.717) is 6.42 Å². The summed E-state index contributed by atoms with van der Waals surface area (Å²) in [6.07, 6.45) is 4.90. The minimum Gasteiger partial charge on any atom is -0.488 e. The van der Waals surface area contributed by atoms with E-state index in [1.54, 1.807) is 6.92 Å². The van der Waals surface area contributed by atoms with Gasteiger partial charge in [0, 0.05) is 23.5 Å². The average Bonchev–Trinajstić information content (AvgIpc) is 3.04. The van der Waals surface area contributed by atoms with Gasteiger partial charge in [0.2, 0.25) is 5.91 Å². The summed E-state index contributed by atoms with van der Waals surface area (Å²) in [5.41, 5.74) is 0. The molecule has 24 heavy (non-hydrogen) atoms. The zero-order valence-corrected chi connectivity index (χ0v) is 15.4. The first kappa shape index (κ1) is 19.4. The lowest BCUT2D eigenvalue weighted by Crippen LogP contribution is -2.36. The van der Waals surface area contributed by atoms with E-state index in [-0.39, 0.29) is 24.3 Å². The number of benzene rings is 1. The van der Waals surface area contributed by atoms with Gasteiger partial charge in [0.05, 0.1) is 6.04 Å². The van der Waals surface area contributed by atoms with Gasteiger partial charge < -0.3 is 10.1 Å². The van der Waals surface area contributed by atoms with E-state index in [2.05, 4.69) is 5.32 Å². The second-order valence-electron chi connectivity index (χ2n) is 5.93. The summed E-state index contributed by atoms with van der Waals surface area (Å²) in [6, 6.07) is 2.94. The molecule has 0 aliphatic carbocycles. The van der Waals surface area contributed by atoms with Gasteiger partial charge in [0.25, 0.3) is 0 Å². The van der Waals surface area contributed by atoms with Crippen LogP contribution in [0.4, 0.5) is 8.78 Å². The van der Waals surface area contributed by atoms with E-state index < -0.39 is 11.6 Å². The molecule has 134 valence electrons. The Morgan fingerprint density at radius 3 is 2.96 bits per heavy atom. The maximum Gasteiger partial charge on any atom is 0.220 e. The van der Waals surface area contributed by atoms with E-state index >= 15 is 0 Å². The molecule has 1 fully saturated rings. The predicted molar refractivity (Wildman–Crippen MR) is 96.4 cm³/mol. The molecule has 0 aromatic heterocycles. The normalized spacial score (nSPS) is 18.4. The largest absolute Gasteiger partial charge is 0.488 e. The van der Waals surface area contributed by atoms with Crippen LogP contribution in [0.2, 0.25) is 0 Å². The molecule has 2 rings (SSSR count). The maximum atomic E-state index is 13.4. The molecule has 1 N–H and O–H groups in total. The predicted octanol–water partition coefficient (Wildman–Crippen LogP) is 4.56. The first-order valence-corrected chi connectivity index (χ1v) is 10.6. The molecule has 1 aliphatic rings. The standard InChI is InChI=1S/C17H23F2NO2S2/c1-12(11-22-16-7-6-13(18)10-15(16)19)20-17(21)5-3-2-4-14-8-9-23-24-14/h6-7,10,12,14H,2-5,8-9,11H2,1H3,(H,20,21). The molecule has 0 spiro atoms. The molecule has 1 aliphatic heterocycles. The molecule has 1 aromatic carbocycles. The van der Waals surface area contributed by atoms with Crippen LogP contribution in [0.5, 0.6) is 5.75 Å². The number of halogens is 2. The second-order valence-corrected chi connectivity index (χ2v) is 8.72. The lowest BCUT2D eigenvalue weighted by atomic mass is 10.1. The Morgan fingerprint density at radius 2 is 2.25 bits per heavy atom. The van der Waals surface area contributed by atoms with E-state index in [0.717, 1.165) is 30.2 Å². The van der Waals surface area contributed by atoms with E-state index in [1.807, 2.05) is 21.6 Å². The number of hydrogen-bond acceptors (Lipinski definition) is 4. The van der Waals surface area contributed by atoms with Crippen molar-refractivity contribution < 1.29 is 18.3 Å².